The van der Waals surface area contributed by atoms with Gasteiger partial charge in [-0.05, 0) is 66.2 Å². The first-order valence-corrected chi connectivity index (χ1v) is 6.99. The van der Waals surface area contributed by atoms with Crippen molar-refractivity contribution < 1.29 is 9.13 Å². The van der Waals surface area contributed by atoms with Crippen molar-refractivity contribution in [2.45, 2.75) is 0 Å². The van der Waals surface area contributed by atoms with Crippen LogP contribution in [0.25, 0.3) is 0 Å². The number of aliphatic imine (C=N–C) groups is 1. The zero-order chi connectivity index (χ0) is 16.1. The van der Waals surface area contributed by atoms with Crippen LogP contribution in [0.3, 0.4) is 0 Å². The Kier molecular flexibility index (Phi) is 4.29. The zero-order valence-electron chi connectivity index (χ0n) is 12.2. The summed E-state index contributed by atoms with van der Waals surface area (Å²) in [5.41, 5.74) is 7.26. The van der Waals surface area contributed by atoms with E-state index in [1.54, 1.807) is 36.7 Å². The topological polar surface area (TPSA) is 60.5 Å². The number of aromatic nitrogens is 1. The van der Waals surface area contributed by atoms with Crippen molar-refractivity contribution in [2.75, 3.05) is 5.73 Å². The lowest BCUT2D eigenvalue weighted by atomic mass is 10.2. The quantitative estimate of drug-likeness (QED) is 0.729. The van der Waals surface area contributed by atoms with E-state index in [0.29, 0.717) is 23.0 Å². The maximum absolute atomic E-state index is 12.8. The molecule has 0 radical (unpaired) electrons. The van der Waals surface area contributed by atoms with E-state index in [2.05, 4.69) is 9.98 Å². The highest BCUT2D eigenvalue weighted by Gasteiger charge is 1.99. The molecule has 5 heteroatoms. The summed E-state index contributed by atoms with van der Waals surface area (Å²) in [5, 5.41) is 0. The van der Waals surface area contributed by atoms with Crippen molar-refractivity contribution >= 4 is 17.7 Å². The van der Waals surface area contributed by atoms with Crippen LogP contribution in [0, 0.1) is 5.82 Å². The van der Waals surface area contributed by atoms with Gasteiger partial charge in [-0.2, -0.15) is 0 Å². The molecule has 23 heavy (non-hydrogen) atoms. The highest BCUT2D eigenvalue weighted by molar-refractivity contribution is 5.83. The summed E-state index contributed by atoms with van der Waals surface area (Å²) < 4.78 is 18.5. The SMILES string of the molecule is Nc1ncccc1N=Cc1ccc(Oc2ccc(F)cc2)cc1. The van der Waals surface area contributed by atoms with Crippen molar-refractivity contribution in [3.05, 3.63) is 78.2 Å². The molecule has 1 aromatic heterocycles. The van der Waals surface area contributed by atoms with Gasteiger partial charge in [-0.3, -0.25) is 4.99 Å². The summed E-state index contributed by atoms with van der Waals surface area (Å²) in [6, 6.07) is 16.8. The van der Waals surface area contributed by atoms with Crippen molar-refractivity contribution in [3.8, 4) is 11.5 Å². The molecule has 0 aliphatic rings. The van der Waals surface area contributed by atoms with E-state index in [1.807, 2.05) is 24.3 Å². The second-order valence-corrected chi connectivity index (χ2v) is 4.79. The minimum absolute atomic E-state index is 0.293. The Bertz CT molecular complexity index is 814. The lowest BCUT2D eigenvalue weighted by molar-refractivity contribution is 0.480. The van der Waals surface area contributed by atoms with Crippen LogP contribution in [0.5, 0.6) is 11.5 Å². The number of anilines is 1. The zero-order valence-corrected chi connectivity index (χ0v) is 12.2. The Balaban J connectivity index is 1.69. The number of benzene rings is 2. The normalized spacial score (nSPS) is 10.8. The smallest absolute Gasteiger partial charge is 0.149 e. The van der Waals surface area contributed by atoms with E-state index in [-0.39, 0.29) is 5.82 Å². The second kappa shape index (κ2) is 6.70. The van der Waals surface area contributed by atoms with Crippen molar-refractivity contribution in [2.24, 2.45) is 4.99 Å². The Morgan fingerprint density at radius 3 is 2.26 bits per heavy atom. The molecule has 0 aliphatic carbocycles. The molecule has 0 aliphatic heterocycles. The first-order valence-electron chi connectivity index (χ1n) is 6.99. The van der Waals surface area contributed by atoms with Gasteiger partial charge in [-0.1, -0.05) is 0 Å². The Hall–Kier alpha value is -3.21. The minimum atomic E-state index is -0.293. The number of nitrogen functional groups attached to an aromatic ring is 1. The lowest BCUT2D eigenvalue weighted by Gasteiger charge is -2.05. The molecule has 3 aromatic rings. The van der Waals surface area contributed by atoms with E-state index < -0.39 is 0 Å². The van der Waals surface area contributed by atoms with Gasteiger partial charge in [-0.15, -0.1) is 0 Å². The molecule has 1 heterocycles. The number of hydrogen-bond donors (Lipinski definition) is 1. The van der Waals surface area contributed by atoms with Crippen molar-refractivity contribution in [1.82, 2.24) is 4.98 Å². The van der Waals surface area contributed by atoms with E-state index in [0.717, 1.165) is 5.56 Å². The highest BCUT2D eigenvalue weighted by Crippen LogP contribution is 2.22. The highest BCUT2D eigenvalue weighted by atomic mass is 19.1. The van der Waals surface area contributed by atoms with Gasteiger partial charge in [0.1, 0.15) is 28.8 Å². The van der Waals surface area contributed by atoms with Crippen LogP contribution >= 0.6 is 0 Å². The molecule has 2 aromatic carbocycles. The number of halogens is 1. The predicted molar refractivity (Wildman–Crippen MR) is 88.8 cm³/mol. The third-order valence-corrected chi connectivity index (χ3v) is 3.10. The summed E-state index contributed by atoms with van der Waals surface area (Å²) in [6.07, 6.45) is 3.32. The molecule has 0 spiro atoms. The van der Waals surface area contributed by atoms with Crippen LogP contribution in [-0.4, -0.2) is 11.2 Å². The molecule has 0 bridgehead atoms. The number of hydrogen-bond acceptors (Lipinski definition) is 4. The van der Waals surface area contributed by atoms with Crippen LogP contribution in [0.4, 0.5) is 15.9 Å². The lowest BCUT2D eigenvalue weighted by Crippen LogP contribution is -1.89. The monoisotopic (exact) mass is 307 g/mol. The number of rotatable bonds is 4. The van der Waals surface area contributed by atoms with E-state index in [4.69, 9.17) is 10.5 Å². The van der Waals surface area contributed by atoms with Gasteiger partial charge in [0.05, 0.1) is 0 Å². The van der Waals surface area contributed by atoms with Crippen LogP contribution in [0.1, 0.15) is 5.56 Å². The van der Waals surface area contributed by atoms with E-state index in [9.17, 15) is 4.39 Å². The van der Waals surface area contributed by atoms with Crippen LogP contribution in [-0.2, 0) is 0 Å². The fourth-order valence-corrected chi connectivity index (χ4v) is 1.92. The van der Waals surface area contributed by atoms with Gasteiger partial charge in [-0.25, -0.2) is 9.37 Å². The summed E-state index contributed by atoms with van der Waals surface area (Å²) in [4.78, 5) is 8.28. The summed E-state index contributed by atoms with van der Waals surface area (Å²) in [7, 11) is 0. The van der Waals surface area contributed by atoms with Gasteiger partial charge in [0.2, 0.25) is 0 Å². The van der Waals surface area contributed by atoms with Gasteiger partial charge >= 0.3 is 0 Å². The number of pyridine rings is 1. The molecule has 114 valence electrons. The molecular formula is C18H14FN3O. The molecule has 0 saturated heterocycles. The first kappa shape index (κ1) is 14.7. The predicted octanol–water partition coefficient (Wildman–Crippen LogP) is 4.35. The number of nitrogens with zero attached hydrogens (tertiary/aromatic N) is 2. The Labute approximate surface area is 133 Å². The minimum Gasteiger partial charge on any atom is -0.457 e. The summed E-state index contributed by atoms with van der Waals surface area (Å²) in [6.45, 7) is 0. The molecule has 4 nitrogen and oxygen atoms in total. The van der Waals surface area contributed by atoms with Gasteiger partial charge in [0.25, 0.3) is 0 Å². The van der Waals surface area contributed by atoms with Gasteiger partial charge in [0, 0.05) is 12.4 Å². The summed E-state index contributed by atoms with van der Waals surface area (Å²) in [5.74, 6) is 1.34. The molecule has 0 unspecified atom stereocenters. The Morgan fingerprint density at radius 1 is 0.957 bits per heavy atom. The molecule has 0 fully saturated rings. The van der Waals surface area contributed by atoms with E-state index in [1.165, 1.54) is 12.1 Å². The Morgan fingerprint density at radius 2 is 1.61 bits per heavy atom. The molecule has 0 atom stereocenters. The van der Waals surface area contributed by atoms with Crippen LogP contribution < -0.4 is 10.5 Å². The van der Waals surface area contributed by atoms with Crippen LogP contribution in [0.2, 0.25) is 0 Å². The average molecular weight is 307 g/mol. The van der Waals surface area contributed by atoms with Crippen LogP contribution in [0.15, 0.2) is 71.9 Å². The third-order valence-electron chi connectivity index (χ3n) is 3.10. The van der Waals surface area contributed by atoms with Crippen molar-refractivity contribution in [1.29, 1.82) is 0 Å². The average Bonchev–Trinajstić information content (AvgIpc) is 2.58. The number of ether oxygens (including phenoxy) is 1. The molecule has 0 saturated carbocycles. The van der Waals surface area contributed by atoms with Gasteiger partial charge < -0.3 is 10.5 Å². The summed E-state index contributed by atoms with van der Waals surface area (Å²) >= 11 is 0. The first-order chi connectivity index (χ1) is 11.2. The third kappa shape index (κ3) is 3.91. The van der Waals surface area contributed by atoms with Gasteiger partial charge in [0.15, 0.2) is 0 Å². The largest absolute Gasteiger partial charge is 0.457 e. The molecule has 0 amide bonds. The van der Waals surface area contributed by atoms with E-state index >= 15 is 0 Å². The molecule has 2 N–H and O–H groups in total. The molecule has 3 rings (SSSR count). The second-order valence-electron chi connectivity index (χ2n) is 4.79. The fourth-order valence-electron chi connectivity index (χ4n) is 1.92. The maximum Gasteiger partial charge on any atom is 0.149 e. The van der Waals surface area contributed by atoms with Crippen molar-refractivity contribution in [3.63, 3.8) is 0 Å². The number of nitrogens with two attached hydrogens (primary N) is 1. The maximum atomic E-state index is 12.8. The fraction of sp³-hybridized carbons (Fsp3) is 0. The standard InChI is InChI=1S/C18H14FN3O/c19-14-5-9-16(10-6-14)23-15-7-3-13(4-8-15)12-22-17-2-1-11-21-18(17)20/h1-12H,(H2,20,21). The molecular weight excluding hydrogens is 293 g/mol.